The van der Waals surface area contributed by atoms with Gasteiger partial charge in [-0.05, 0) is 35.7 Å². The second-order valence-corrected chi connectivity index (χ2v) is 9.90. The van der Waals surface area contributed by atoms with Crippen LogP contribution in [0.5, 0.6) is 0 Å². The Morgan fingerprint density at radius 1 is 0.895 bits per heavy atom. The molecule has 1 heterocycles. The summed E-state index contributed by atoms with van der Waals surface area (Å²) in [7, 11) is 1.70. The molecule has 0 aliphatic carbocycles. The van der Waals surface area contributed by atoms with E-state index in [4.69, 9.17) is 28.2 Å². The number of aliphatic imine (C=N–C) groups is 1. The minimum absolute atomic E-state index is 0.309. The van der Waals surface area contributed by atoms with E-state index in [1.807, 2.05) is 91.0 Å². The van der Waals surface area contributed by atoms with Crippen LogP contribution in [0.4, 0.5) is 5.69 Å². The third-order valence-corrected chi connectivity index (χ3v) is 7.35. The van der Waals surface area contributed by atoms with Crippen molar-refractivity contribution in [2.24, 2.45) is 4.99 Å². The molecule has 7 heteroatoms. The van der Waals surface area contributed by atoms with Gasteiger partial charge in [0.25, 0.3) is 5.91 Å². The predicted octanol–water partition coefficient (Wildman–Crippen LogP) is 6.28. The second kappa shape index (κ2) is 11.2. The molecule has 38 heavy (non-hydrogen) atoms. The lowest BCUT2D eigenvalue weighted by atomic mass is 9.91. The average Bonchev–Trinajstić information content (AvgIpc) is 3.05. The number of carbonyl (C=O) groups is 2. The Morgan fingerprint density at radius 2 is 1.55 bits per heavy atom. The van der Waals surface area contributed by atoms with Crippen molar-refractivity contribution in [3.8, 4) is 0 Å². The number of benzene rings is 4. The molecule has 2 unspecified atom stereocenters. The number of anilines is 1. The van der Waals surface area contributed by atoms with Gasteiger partial charge in [0.15, 0.2) is 0 Å². The summed E-state index contributed by atoms with van der Waals surface area (Å²) in [5.74, 6) is -1.21. The number of rotatable bonds is 6. The predicted molar refractivity (Wildman–Crippen MR) is 153 cm³/mol. The molecule has 0 aromatic heterocycles. The Hall–Kier alpha value is -3.93. The molecule has 2 amide bonds. The number of halogens is 2. The molecule has 1 aliphatic heterocycles. The quantitative estimate of drug-likeness (QED) is 0.312. The van der Waals surface area contributed by atoms with Gasteiger partial charge in [-0.15, -0.1) is 0 Å². The summed E-state index contributed by atoms with van der Waals surface area (Å²) < 4.78 is 0. The van der Waals surface area contributed by atoms with E-state index in [-0.39, 0.29) is 11.8 Å². The number of amides is 2. The largest absolute Gasteiger partial charge is 0.326 e. The van der Waals surface area contributed by atoms with Gasteiger partial charge < -0.3 is 10.2 Å². The van der Waals surface area contributed by atoms with Crippen LogP contribution in [0.2, 0.25) is 10.0 Å². The van der Waals surface area contributed by atoms with Crippen LogP contribution in [-0.2, 0) is 16.0 Å². The van der Waals surface area contributed by atoms with E-state index in [2.05, 4.69) is 5.32 Å². The number of fused-ring (bicyclic) bond motifs is 1. The van der Waals surface area contributed by atoms with Crippen LogP contribution in [0.1, 0.15) is 28.2 Å². The van der Waals surface area contributed by atoms with Crippen molar-refractivity contribution >= 4 is 46.4 Å². The highest BCUT2D eigenvalue weighted by Gasteiger charge is 2.33. The Balaban J connectivity index is 1.52. The smallest absolute Gasteiger partial charge is 0.272 e. The van der Waals surface area contributed by atoms with E-state index in [0.717, 1.165) is 27.9 Å². The van der Waals surface area contributed by atoms with E-state index in [0.29, 0.717) is 22.2 Å². The van der Waals surface area contributed by atoms with Crippen molar-refractivity contribution in [2.45, 2.75) is 18.5 Å². The zero-order valence-electron chi connectivity index (χ0n) is 20.6. The molecule has 2 atom stereocenters. The fourth-order valence-corrected chi connectivity index (χ4v) is 4.95. The lowest BCUT2D eigenvalue weighted by Crippen LogP contribution is -2.47. The molecule has 4 aromatic carbocycles. The summed E-state index contributed by atoms with van der Waals surface area (Å²) in [6, 6.07) is 32.1. The molecule has 0 saturated carbocycles. The van der Waals surface area contributed by atoms with Crippen molar-refractivity contribution in [1.82, 2.24) is 5.32 Å². The number of benzodiazepines with no additional fused rings is 1. The van der Waals surface area contributed by atoms with Crippen molar-refractivity contribution in [2.75, 3.05) is 11.9 Å². The maximum Gasteiger partial charge on any atom is 0.272 e. The highest BCUT2D eigenvalue weighted by Crippen LogP contribution is 2.29. The molecule has 0 bridgehead atoms. The molecule has 0 saturated heterocycles. The maximum atomic E-state index is 13.8. The molecular formula is C31H25Cl2N3O2. The van der Waals surface area contributed by atoms with Crippen LogP contribution >= 0.6 is 23.2 Å². The van der Waals surface area contributed by atoms with Gasteiger partial charge in [0.1, 0.15) is 0 Å². The molecule has 0 fully saturated rings. The Bertz CT molecular complexity index is 1510. The lowest BCUT2D eigenvalue weighted by molar-refractivity contribution is -0.128. The Morgan fingerprint density at radius 3 is 2.26 bits per heavy atom. The molecule has 5 rings (SSSR count). The summed E-state index contributed by atoms with van der Waals surface area (Å²) >= 11 is 12.4. The van der Waals surface area contributed by atoms with Crippen LogP contribution in [0.25, 0.3) is 0 Å². The fourth-order valence-electron chi connectivity index (χ4n) is 4.63. The highest BCUT2D eigenvalue weighted by molar-refractivity contribution is 6.42. The number of para-hydroxylation sites is 1. The van der Waals surface area contributed by atoms with Crippen LogP contribution in [-0.4, -0.2) is 30.7 Å². The molecule has 190 valence electrons. The maximum absolute atomic E-state index is 13.8. The number of nitrogens with one attached hydrogen (secondary N) is 1. The summed E-state index contributed by atoms with van der Waals surface area (Å²) in [5.41, 5.74) is 4.73. The molecule has 5 nitrogen and oxygen atoms in total. The highest BCUT2D eigenvalue weighted by atomic mass is 35.5. The molecule has 4 aromatic rings. The zero-order valence-corrected chi connectivity index (χ0v) is 22.2. The fraction of sp³-hybridized carbons (Fsp3) is 0.129. The van der Waals surface area contributed by atoms with Crippen molar-refractivity contribution in [1.29, 1.82) is 0 Å². The van der Waals surface area contributed by atoms with Gasteiger partial charge in [-0.3, -0.25) is 9.59 Å². The van der Waals surface area contributed by atoms with Gasteiger partial charge >= 0.3 is 0 Å². The van der Waals surface area contributed by atoms with E-state index in [9.17, 15) is 9.59 Å². The first-order chi connectivity index (χ1) is 18.4. The normalized spacial score (nSPS) is 15.8. The van der Waals surface area contributed by atoms with Gasteiger partial charge in [-0.25, -0.2) is 4.99 Å². The number of likely N-dealkylation sites (N-methyl/N-ethyl adjacent to an activating group) is 1. The number of nitrogens with zero attached hydrogens (tertiary/aromatic N) is 2. The molecule has 0 spiro atoms. The van der Waals surface area contributed by atoms with Crippen LogP contribution < -0.4 is 10.2 Å². The number of hydrogen-bond donors (Lipinski definition) is 1. The molecular weight excluding hydrogens is 517 g/mol. The summed E-state index contributed by atoms with van der Waals surface area (Å²) in [6.45, 7) is 0. The van der Waals surface area contributed by atoms with Crippen molar-refractivity contribution < 1.29 is 9.59 Å². The van der Waals surface area contributed by atoms with Crippen molar-refractivity contribution in [3.63, 3.8) is 0 Å². The number of carbonyl (C=O) groups excluding carboxylic acids is 2. The second-order valence-electron chi connectivity index (χ2n) is 9.09. The van der Waals surface area contributed by atoms with Gasteiger partial charge in [0, 0.05) is 18.2 Å². The summed E-state index contributed by atoms with van der Waals surface area (Å²) in [4.78, 5) is 33.8. The topological polar surface area (TPSA) is 61.8 Å². The van der Waals surface area contributed by atoms with Crippen molar-refractivity contribution in [3.05, 3.63) is 135 Å². The lowest BCUT2D eigenvalue weighted by Gasteiger charge is -2.23. The van der Waals surface area contributed by atoms with Gasteiger partial charge in [-0.2, -0.15) is 0 Å². The Labute approximate surface area is 231 Å². The first-order valence-electron chi connectivity index (χ1n) is 12.2. The van der Waals surface area contributed by atoms with E-state index in [1.54, 1.807) is 24.1 Å². The van der Waals surface area contributed by atoms with E-state index in [1.165, 1.54) is 0 Å². The Kier molecular flexibility index (Phi) is 7.59. The van der Waals surface area contributed by atoms with E-state index < -0.39 is 12.1 Å². The molecule has 1 aliphatic rings. The third kappa shape index (κ3) is 5.35. The monoisotopic (exact) mass is 541 g/mol. The zero-order chi connectivity index (χ0) is 26.6. The summed E-state index contributed by atoms with van der Waals surface area (Å²) in [6.07, 6.45) is -0.728. The molecule has 1 N–H and O–H groups in total. The molecule has 0 radical (unpaired) electrons. The SMILES string of the molecule is CN1C(=O)C(NC(=O)C(Cc2ccc(Cl)c(Cl)c2)c2ccccc2)N=C(c2ccccc2)c2ccccc21. The van der Waals surface area contributed by atoms with Gasteiger partial charge in [0.05, 0.1) is 27.4 Å². The van der Waals surface area contributed by atoms with E-state index >= 15 is 0 Å². The van der Waals surface area contributed by atoms with Crippen LogP contribution in [0.15, 0.2) is 108 Å². The summed E-state index contributed by atoms with van der Waals surface area (Å²) in [5, 5.41) is 3.81. The van der Waals surface area contributed by atoms with Gasteiger partial charge in [0.2, 0.25) is 12.1 Å². The minimum atomic E-state index is -1.10. The van der Waals surface area contributed by atoms with Gasteiger partial charge in [-0.1, -0.05) is 108 Å². The first-order valence-corrected chi connectivity index (χ1v) is 13.0. The average molecular weight is 542 g/mol. The standard InChI is InChI=1S/C31H25Cl2N3O2/c1-36-27-15-9-8-14-23(27)28(22-12-6-3-7-13-22)34-29(31(36)38)35-30(37)24(21-10-4-2-5-11-21)18-20-16-17-25(32)26(33)19-20/h2-17,19,24,29H,18H2,1H3,(H,35,37). The minimum Gasteiger partial charge on any atom is -0.326 e. The first kappa shape index (κ1) is 25.7. The third-order valence-electron chi connectivity index (χ3n) is 6.61. The number of hydrogen-bond acceptors (Lipinski definition) is 3. The van der Waals surface area contributed by atoms with Crippen LogP contribution in [0, 0.1) is 0 Å². The van der Waals surface area contributed by atoms with Crippen LogP contribution in [0.3, 0.4) is 0 Å².